The summed E-state index contributed by atoms with van der Waals surface area (Å²) in [6, 6.07) is 8.61. The van der Waals surface area contributed by atoms with Crippen molar-refractivity contribution in [3.63, 3.8) is 0 Å². The number of amidine groups is 1. The van der Waals surface area contributed by atoms with E-state index in [1.165, 1.54) is 0 Å². The van der Waals surface area contributed by atoms with Crippen LogP contribution in [0.1, 0.15) is 30.5 Å². The molecular weight excluding hydrogens is 418 g/mol. The Morgan fingerprint density at radius 1 is 1.27 bits per heavy atom. The molecule has 0 saturated carbocycles. The lowest BCUT2D eigenvalue weighted by Gasteiger charge is -2.35. The number of fused-ring (bicyclic) bond motifs is 1. The smallest absolute Gasteiger partial charge is 0.328 e. The van der Waals surface area contributed by atoms with Gasteiger partial charge in [-0.05, 0) is 83.6 Å². The van der Waals surface area contributed by atoms with Crippen LogP contribution in [-0.4, -0.2) is 33.5 Å². The zero-order chi connectivity index (χ0) is 21.3. The molecular formula is C23H22ClN3O2S. The Labute approximate surface area is 184 Å². The van der Waals surface area contributed by atoms with E-state index >= 15 is 0 Å². The van der Waals surface area contributed by atoms with Gasteiger partial charge in [0, 0.05) is 34.9 Å². The number of thiophene rings is 1. The third-order valence-electron chi connectivity index (χ3n) is 5.13. The number of rotatable bonds is 5. The molecule has 4 rings (SSSR count). The fourth-order valence-corrected chi connectivity index (χ4v) is 4.84. The third-order valence-corrected chi connectivity index (χ3v) is 6.16. The number of aliphatic carboxylic acids is 1. The van der Waals surface area contributed by atoms with E-state index in [0.717, 1.165) is 34.2 Å². The minimum Gasteiger partial charge on any atom is -0.480 e. The number of carboxylic acids is 1. The fourth-order valence-electron chi connectivity index (χ4n) is 3.77. The van der Waals surface area contributed by atoms with Gasteiger partial charge in [-0.15, -0.1) is 0 Å². The first-order valence-corrected chi connectivity index (χ1v) is 11.0. The molecule has 7 heteroatoms. The molecule has 0 radical (unpaired) electrons. The van der Waals surface area contributed by atoms with Crippen LogP contribution in [0.5, 0.6) is 0 Å². The topological polar surface area (TPSA) is 74.6 Å². The van der Waals surface area contributed by atoms with E-state index in [1.807, 2.05) is 41.1 Å². The summed E-state index contributed by atoms with van der Waals surface area (Å²) >= 11 is 7.75. The van der Waals surface area contributed by atoms with Crippen LogP contribution in [0, 0.1) is 0 Å². The largest absolute Gasteiger partial charge is 0.480 e. The van der Waals surface area contributed by atoms with Gasteiger partial charge in [-0.2, -0.15) is 11.3 Å². The van der Waals surface area contributed by atoms with Gasteiger partial charge in [-0.1, -0.05) is 11.6 Å². The lowest BCUT2D eigenvalue weighted by molar-refractivity contribution is -0.138. The number of carboxylic acid groups (broad SMARTS) is 1. The van der Waals surface area contributed by atoms with Crippen LogP contribution in [0.15, 0.2) is 58.5 Å². The summed E-state index contributed by atoms with van der Waals surface area (Å²) in [5.41, 5.74) is 4.75. The first kappa shape index (κ1) is 20.6. The van der Waals surface area contributed by atoms with E-state index in [0.29, 0.717) is 17.3 Å². The van der Waals surface area contributed by atoms with Crippen molar-refractivity contribution in [2.24, 2.45) is 4.99 Å². The molecule has 1 aromatic carbocycles. The zero-order valence-corrected chi connectivity index (χ0v) is 18.3. The molecule has 0 aliphatic carbocycles. The van der Waals surface area contributed by atoms with E-state index in [4.69, 9.17) is 11.6 Å². The predicted molar refractivity (Wildman–Crippen MR) is 122 cm³/mol. The molecule has 3 heterocycles. The van der Waals surface area contributed by atoms with Gasteiger partial charge in [-0.3, -0.25) is 9.98 Å². The molecule has 0 amide bonds. The molecule has 1 atom stereocenters. The highest BCUT2D eigenvalue weighted by Gasteiger charge is 2.30. The number of aliphatic imine (C=N–C) groups is 1. The number of halogens is 1. The SMILES string of the molecule is CC1(C)Cc2cc(Cl)ccc2C(=NC(Cc2cscc2-c2ccncc2)C(=O)O)N1. The Hall–Kier alpha value is -2.70. The summed E-state index contributed by atoms with van der Waals surface area (Å²) in [6.07, 6.45) is 4.57. The van der Waals surface area contributed by atoms with Crippen LogP contribution >= 0.6 is 22.9 Å². The van der Waals surface area contributed by atoms with Crippen molar-refractivity contribution in [3.8, 4) is 11.1 Å². The van der Waals surface area contributed by atoms with Crippen LogP contribution in [0.4, 0.5) is 0 Å². The quantitative estimate of drug-likeness (QED) is 0.597. The second-order valence-electron chi connectivity index (χ2n) is 8.07. The van der Waals surface area contributed by atoms with Crippen LogP contribution in [-0.2, 0) is 17.6 Å². The molecule has 30 heavy (non-hydrogen) atoms. The maximum Gasteiger partial charge on any atom is 0.328 e. The first-order chi connectivity index (χ1) is 14.3. The van der Waals surface area contributed by atoms with Gasteiger partial charge in [0.05, 0.1) is 0 Å². The number of aromatic nitrogens is 1. The van der Waals surface area contributed by atoms with Gasteiger partial charge in [0.2, 0.25) is 0 Å². The van der Waals surface area contributed by atoms with Crippen molar-refractivity contribution in [3.05, 3.63) is 75.2 Å². The minimum atomic E-state index is -0.949. The number of benzene rings is 1. The number of nitrogens with zero attached hydrogens (tertiary/aromatic N) is 2. The van der Waals surface area contributed by atoms with Crippen molar-refractivity contribution in [2.75, 3.05) is 0 Å². The Morgan fingerprint density at radius 3 is 2.77 bits per heavy atom. The highest BCUT2D eigenvalue weighted by atomic mass is 35.5. The highest BCUT2D eigenvalue weighted by molar-refractivity contribution is 7.08. The summed E-state index contributed by atoms with van der Waals surface area (Å²) in [7, 11) is 0. The molecule has 3 aromatic rings. The average molecular weight is 440 g/mol. The molecule has 0 bridgehead atoms. The van der Waals surface area contributed by atoms with Crippen molar-refractivity contribution in [1.82, 2.24) is 10.3 Å². The van der Waals surface area contributed by atoms with Crippen molar-refractivity contribution < 1.29 is 9.90 Å². The van der Waals surface area contributed by atoms with Crippen LogP contribution in [0.25, 0.3) is 11.1 Å². The number of hydrogen-bond donors (Lipinski definition) is 2. The normalized spacial score (nSPS) is 17.2. The van der Waals surface area contributed by atoms with Gasteiger partial charge in [-0.25, -0.2) is 4.79 Å². The van der Waals surface area contributed by atoms with Gasteiger partial charge >= 0.3 is 5.97 Å². The maximum atomic E-state index is 12.1. The summed E-state index contributed by atoms with van der Waals surface area (Å²) in [5, 5.41) is 18.0. The number of nitrogens with one attached hydrogen (secondary N) is 1. The average Bonchev–Trinajstić information content (AvgIpc) is 3.15. The first-order valence-electron chi connectivity index (χ1n) is 9.65. The van der Waals surface area contributed by atoms with Gasteiger partial charge in [0.15, 0.2) is 6.04 Å². The van der Waals surface area contributed by atoms with Gasteiger partial charge in [0.25, 0.3) is 0 Å². The molecule has 1 aliphatic rings. The van der Waals surface area contributed by atoms with Crippen LogP contribution in [0.2, 0.25) is 5.02 Å². The lowest BCUT2D eigenvalue weighted by atomic mass is 9.87. The van der Waals surface area contributed by atoms with E-state index < -0.39 is 12.0 Å². The Balaban J connectivity index is 1.70. The molecule has 5 nitrogen and oxygen atoms in total. The standard InChI is InChI=1S/C23H22ClN3O2S/c1-23(2)11-15-9-17(24)3-4-18(15)21(27-23)26-20(22(28)29)10-16-12-30-13-19(16)14-5-7-25-8-6-14/h3-9,12-13,20H,10-11H2,1-2H3,(H,26,27)(H,28,29). The number of hydrogen-bond acceptors (Lipinski definition) is 4. The van der Waals surface area contributed by atoms with Gasteiger partial charge < -0.3 is 10.4 Å². The minimum absolute atomic E-state index is 0.246. The number of carbonyl (C=O) groups is 1. The van der Waals surface area contributed by atoms with Crippen molar-refractivity contribution in [1.29, 1.82) is 0 Å². The summed E-state index contributed by atoms with van der Waals surface area (Å²) < 4.78 is 0. The molecule has 0 saturated heterocycles. The molecule has 154 valence electrons. The highest BCUT2D eigenvalue weighted by Crippen LogP contribution is 2.30. The van der Waals surface area contributed by atoms with Crippen LogP contribution < -0.4 is 5.32 Å². The Bertz CT molecular complexity index is 1110. The lowest BCUT2D eigenvalue weighted by Crippen LogP contribution is -2.50. The predicted octanol–water partition coefficient (Wildman–Crippen LogP) is 4.83. The second kappa shape index (κ2) is 8.20. The molecule has 0 spiro atoms. The summed E-state index contributed by atoms with van der Waals surface area (Å²) in [6.45, 7) is 4.14. The van der Waals surface area contributed by atoms with Crippen molar-refractivity contribution >= 4 is 34.7 Å². The molecule has 1 unspecified atom stereocenters. The zero-order valence-electron chi connectivity index (χ0n) is 16.7. The molecule has 0 fully saturated rings. The monoisotopic (exact) mass is 439 g/mol. The maximum absolute atomic E-state index is 12.1. The Kier molecular flexibility index (Phi) is 5.62. The van der Waals surface area contributed by atoms with E-state index in [1.54, 1.807) is 23.7 Å². The summed E-state index contributed by atoms with van der Waals surface area (Å²) in [4.78, 5) is 20.8. The molecule has 2 N–H and O–H groups in total. The second-order valence-corrected chi connectivity index (χ2v) is 9.25. The molecule has 2 aromatic heterocycles. The molecule has 1 aliphatic heterocycles. The van der Waals surface area contributed by atoms with E-state index in [2.05, 4.69) is 29.1 Å². The van der Waals surface area contributed by atoms with Crippen molar-refractivity contribution in [2.45, 2.75) is 38.3 Å². The Morgan fingerprint density at radius 2 is 2.03 bits per heavy atom. The summed E-state index contributed by atoms with van der Waals surface area (Å²) in [5.74, 6) is -0.346. The number of pyridine rings is 1. The fraction of sp³-hybridized carbons (Fsp3) is 0.261. The van der Waals surface area contributed by atoms with Crippen LogP contribution in [0.3, 0.4) is 0 Å². The van der Waals surface area contributed by atoms with Gasteiger partial charge in [0.1, 0.15) is 5.84 Å². The third kappa shape index (κ3) is 4.40. The van der Waals surface area contributed by atoms with E-state index in [-0.39, 0.29) is 5.54 Å². The van der Waals surface area contributed by atoms with E-state index in [9.17, 15) is 9.90 Å².